The summed E-state index contributed by atoms with van der Waals surface area (Å²) in [5.41, 5.74) is 1.04. The van der Waals surface area contributed by atoms with Crippen molar-refractivity contribution >= 4 is 17.3 Å². The Kier molecular flexibility index (Phi) is 4.64. The van der Waals surface area contributed by atoms with Gasteiger partial charge in [0.15, 0.2) is 0 Å². The Labute approximate surface area is 157 Å². The smallest absolute Gasteiger partial charge is 0.338 e. The number of hydrogen-bond donors (Lipinski definition) is 0. The number of halogens is 3. The molecule has 1 aromatic rings. The third kappa shape index (κ3) is 3.56. The predicted octanol–water partition coefficient (Wildman–Crippen LogP) is 4.35. The fourth-order valence-electron chi connectivity index (χ4n) is 4.58. The molecule has 0 aromatic heterocycles. The Morgan fingerprint density at radius 1 is 1.19 bits per heavy atom. The van der Waals surface area contributed by atoms with E-state index in [1.807, 2.05) is 36.1 Å². The lowest BCUT2D eigenvalue weighted by Crippen LogP contribution is -2.40. The highest BCUT2D eigenvalue weighted by Crippen LogP contribution is 2.43. The van der Waals surface area contributed by atoms with Gasteiger partial charge in [0.1, 0.15) is 5.71 Å². The van der Waals surface area contributed by atoms with Gasteiger partial charge >= 0.3 is 6.18 Å². The summed E-state index contributed by atoms with van der Waals surface area (Å²) >= 11 is 0. The van der Waals surface area contributed by atoms with Crippen LogP contribution in [-0.2, 0) is 11.3 Å². The molecule has 146 valence electrons. The van der Waals surface area contributed by atoms with Crippen LogP contribution in [0.1, 0.15) is 44.6 Å². The number of alkyl halides is 3. The molecule has 0 bridgehead atoms. The van der Waals surface area contributed by atoms with Gasteiger partial charge in [-0.1, -0.05) is 19.1 Å². The number of anilines is 1. The number of hydrazone groups is 1. The van der Waals surface area contributed by atoms with Crippen LogP contribution < -0.4 is 5.01 Å². The maximum atomic E-state index is 13.5. The molecule has 2 aliphatic heterocycles. The first kappa shape index (κ1) is 18.3. The van der Waals surface area contributed by atoms with Gasteiger partial charge in [0, 0.05) is 25.4 Å². The molecule has 27 heavy (non-hydrogen) atoms. The van der Waals surface area contributed by atoms with E-state index in [0.717, 1.165) is 31.4 Å². The second kappa shape index (κ2) is 6.84. The molecule has 1 amide bonds. The van der Waals surface area contributed by atoms with Crippen molar-refractivity contribution in [1.82, 2.24) is 4.90 Å². The third-order valence-electron chi connectivity index (χ3n) is 5.99. The number of carbonyl (C=O) groups is 1. The minimum Gasteiger partial charge on any atom is -0.338 e. The first-order chi connectivity index (χ1) is 12.8. The van der Waals surface area contributed by atoms with Gasteiger partial charge in [-0.3, -0.25) is 9.80 Å². The molecule has 1 saturated carbocycles. The molecule has 4 nitrogen and oxygen atoms in total. The molecule has 3 atom stereocenters. The van der Waals surface area contributed by atoms with Gasteiger partial charge in [-0.05, 0) is 49.3 Å². The topological polar surface area (TPSA) is 35.9 Å². The third-order valence-corrected chi connectivity index (χ3v) is 5.99. The summed E-state index contributed by atoms with van der Waals surface area (Å²) in [6.07, 6.45) is -0.713. The maximum absolute atomic E-state index is 13.5. The van der Waals surface area contributed by atoms with Crippen molar-refractivity contribution in [2.24, 2.45) is 16.9 Å². The summed E-state index contributed by atoms with van der Waals surface area (Å²) in [6.45, 7) is 3.34. The zero-order valence-electron chi connectivity index (χ0n) is 15.4. The van der Waals surface area contributed by atoms with Crippen molar-refractivity contribution in [3.8, 4) is 0 Å². The fraction of sp³-hybridized carbons (Fsp3) is 0.600. The second-order valence-electron chi connectivity index (χ2n) is 8.00. The highest BCUT2D eigenvalue weighted by atomic mass is 19.4. The van der Waals surface area contributed by atoms with Gasteiger partial charge in [-0.15, -0.1) is 0 Å². The van der Waals surface area contributed by atoms with E-state index < -0.39 is 17.8 Å². The zero-order valence-corrected chi connectivity index (χ0v) is 15.4. The molecule has 1 saturated heterocycles. The van der Waals surface area contributed by atoms with Crippen LogP contribution in [0.5, 0.6) is 0 Å². The lowest BCUT2D eigenvalue weighted by Gasteiger charge is -2.34. The molecule has 0 spiro atoms. The van der Waals surface area contributed by atoms with E-state index in [1.165, 1.54) is 0 Å². The molecule has 2 fully saturated rings. The van der Waals surface area contributed by atoms with Crippen LogP contribution in [0.25, 0.3) is 0 Å². The van der Waals surface area contributed by atoms with Crippen molar-refractivity contribution < 1.29 is 18.0 Å². The van der Waals surface area contributed by atoms with Crippen molar-refractivity contribution in [1.29, 1.82) is 0 Å². The predicted molar refractivity (Wildman–Crippen MR) is 97.4 cm³/mol. The van der Waals surface area contributed by atoms with E-state index in [9.17, 15) is 18.0 Å². The summed E-state index contributed by atoms with van der Waals surface area (Å²) < 4.78 is 40.4. The Balaban J connectivity index is 1.55. The SMILES string of the molecule is CC1CCC2C(C1)C(C(F)(F)F)=NN2c1ccc(CN2CCCC2=O)cc1. The largest absolute Gasteiger partial charge is 0.431 e. The van der Waals surface area contributed by atoms with Gasteiger partial charge < -0.3 is 4.90 Å². The molecule has 7 heteroatoms. The molecule has 0 radical (unpaired) electrons. The lowest BCUT2D eigenvalue weighted by atomic mass is 9.77. The average molecular weight is 379 g/mol. The Morgan fingerprint density at radius 2 is 1.93 bits per heavy atom. The number of amides is 1. The summed E-state index contributed by atoms with van der Waals surface area (Å²) in [4.78, 5) is 13.6. The second-order valence-corrected chi connectivity index (χ2v) is 8.00. The van der Waals surface area contributed by atoms with Crippen molar-refractivity contribution in [3.05, 3.63) is 29.8 Å². The summed E-state index contributed by atoms with van der Waals surface area (Å²) in [5.74, 6) is -0.0908. The minimum absolute atomic E-state index is 0.164. The molecule has 1 aliphatic carbocycles. The number of likely N-dealkylation sites (tertiary alicyclic amines) is 1. The molecule has 1 aromatic carbocycles. The molecule has 3 unspecified atom stereocenters. The van der Waals surface area contributed by atoms with E-state index in [0.29, 0.717) is 31.0 Å². The van der Waals surface area contributed by atoms with Gasteiger partial charge in [0.2, 0.25) is 5.91 Å². The van der Waals surface area contributed by atoms with E-state index in [4.69, 9.17) is 0 Å². The molecular weight excluding hydrogens is 355 g/mol. The van der Waals surface area contributed by atoms with Gasteiger partial charge in [0.25, 0.3) is 0 Å². The number of benzene rings is 1. The highest BCUT2D eigenvalue weighted by Gasteiger charge is 2.51. The van der Waals surface area contributed by atoms with Gasteiger partial charge in [0.05, 0.1) is 11.7 Å². The van der Waals surface area contributed by atoms with Crippen LogP contribution >= 0.6 is 0 Å². The van der Waals surface area contributed by atoms with E-state index in [2.05, 4.69) is 5.10 Å². The standard InChI is InChI=1S/C20H24F3N3O/c1-13-4-9-17-16(11-13)19(20(21,22)23)24-26(17)15-7-5-14(6-8-15)12-25-10-2-3-18(25)27/h5-8,13,16-17H,2-4,9-12H2,1H3. The van der Waals surface area contributed by atoms with Crippen LogP contribution in [0.15, 0.2) is 29.4 Å². The van der Waals surface area contributed by atoms with Crippen LogP contribution in [0.3, 0.4) is 0 Å². The molecule has 3 aliphatic rings. The number of nitrogens with zero attached hydrogens (tertiary/aromatic N) is 3. The Hall–Kier alpha value is -2.05. The highest BCUT2D eigenvalue weighted by molar-refractivity contribution is 5.95. The van der Waals surface area contributed by atoms with E-state index in [1.54, 1.807) is 5.01 Å². The van der Waals surface area contributed by atoms with Crippen molar-refractivity contribution in [2.45, 2.75) is 57.8 Å². The normalized spacial score (nSPS) is 28.5. The molecule has 2 heterocycles. The fourth-order valence-corrected chi connectivity index (χ4v) is 4.58. The molecular formula is C20H24F3N3O. The van der Waals surface area contributed by atoms with Gasteiger partial charge in [-0.2, -0.15) is 18.3 Å². The Morgan fingerprint density at radius 3 is 2.56 bits per heavy atom. The van der Waals surface area contributed by atoms with Crippen LogP contribution in [-0.4, -0.2) is 35.3 Å². The van der Waals surface area contributed by atoms with Crippen LogP contribution in [0.4, 0.5) is 18.9 Å². The summed E-state index contributed by atoms with van der Waals surface area (Å²) in [5, 5.41) is 5.59. The number of hydrogen-bond acceptors (Lipinski definition) is 3. The molecule has 4 rings (SSSR count). The quantitative estimate of drug-likeness (QED) is 0.783. The van der Waals surface area contributed by atoms with Crippen molar-refractivity contribution in [2.75, 3.05) is 11.6 Å². The van der Waals surface area contributed by atoms with E-state index >= 15 is 0 Å². The number of fused-ring (bicyclic) bond motifs is 1. The average Bonchev–Trinajstić information content (AvgIpc) is 3.19. The van der Waals surface area contributed by atoms with Crippen molar-refractivity contribution in [3.63, 3.8) is 0 Å². The summed E-state index contributed by atoms with van der Waals surface area (Å²) in [6, 6.07) is 7.22. The first-order valence-electron chi connectivity index (χ1n) is 9.64. The molecule has 0 N–H and O–H groups in total. The number of carbonyl (C=O) groups excluding carboxylic acids is 1. The Bertz CT molecular complexity index is 744. The minimum atomic E-state index is -4.38. The van der Waals surface area contributed by atoms with E-state index in [-0.39, 0.29) is 11.9 Å². The monoisotopic (exact) mass is 379 g/mol. The zero-order chi connectivity index (χ0) is 19.2. The lowest BCUT2D eigenvalue weighted by molar-refractivity contribution is -0.128. The van der Waals surface area contributed by atoms with Gasteiger partial charge in [-0.25, -0.2) is 0 Å². The number of rotatable bonds is 3. The van der Waals surface area contributed by atoms with Crippen LogP contribution in [0, 0.1) is 11.8 Å². The van der Waals surface area contributed by atoms with Crippen LogP contribution in [0.2, 0.25) is 0 Å². The first-order valence-corrected chi connectivity index (χ1v) is 9.64. The summed E-state index contributed by atoms with van der Waals surface area (Å²) in [7, 11) is 0. The maximum Gasteiger partial charge on any atom is 0.431 e.